The molecule has 0 atom stereocenters. The number of halogens is 2. The second-order valence-electron chi connectivity index (χ2n) is 5.35. The van der Waals surface area contributed by atoms with Crippen molar-refractivity contribution in [3.05, 3.63) is 35.8 Å². The number of benzene rings is 1. The van der Waals surface area contributed by atoms with Gasteiger partial charge in [0.15, 0.2) is 5.82 Å². The molecule has 0 saturated carbocycles. The molecule has 0 aliphatic carbocycles. The van der Waals surface area contributed by atoms with Crippen molar-refractivity contribution in [3.8, 4) is 0 Å². The summed E-state index contributed by atoms with van der Waals surface area (Å²) in [5, 5.41) is 10.3. The van der Waals surface area contributed by atoms with Gasteiger partial charge in [0.05, 0.1) is 16.6 Å². The van der Waals surface area contributed by atoms with Crippen LogP contribution in [0, 0.1) is 0 Å². The minimum absolute atomic E-state index is 0.00899. The van der Waals surface area contributed by atoms with Crippen molar-refractivity contribution in [2.45, 2.75) is 25.9 Å². The van der Waals surface area contributed by atoms with Gasteiger partial charge in [-0.25, -0.2) is 4.98 Å². The lowest BCUT2D eigenvalue weighted by Crippen LogP contribution is -2.17. The highest BCUT2D eigenvalue weighted by molar-refractivity contribution is 6.24. The van der Waals surface area contributed by atoms with Gasteiger partial charge in [-0.2, -0.15) is 8.78 Å². The Morgan fingerprint density at radius 1 is 1.29 bits per heavy atom. The highest BCUT2D eigenvalue weighted by atomic mass is 19.3. The predicted molar refractivity (Wildman–Crippen MR) is 76.2 cm³/mol. The molecule has 3 N–H and O–H groups in total. The largest absolute Gasteiger partial charge is 0.509 e. The molecular weight excluding hydrogens is 278 g/mol. The highest BCUT2D eigenvalue weighted by Gasteiger charge is 2.37. The van der Waals surface area contributed by atoms with Crippen LogP contribution >= 0.6 is 0 Å². The molecule has 0 saturated heterocycles. The number of para-hydroxylation sites is 2. The Balaban J connectivity index is 2.34. The lowest BCUT2D eigenvalue weighted by atomic mass is 10.0. The second kappa shape index (κ2) is 4.28. The number of nitrogens with zero attached hydrogens (tertiary/aromatic N) is 3. The monoisotopic (exact) mass is 292 g/mol. The standard InChI is InChI=1S/C14H14F2N4O/c1-14(2)10(21)9(11(17)19-14)12-18-7-5-3-4-6-8(7)20(12)13(15)16/h3-6,13,21H,1-2H3,(H2,17,19). The maximum atomic E-state index is 13.4. The number of hydrogen-bond donors (Lipinski definition) is 2. The van der Waals surface area contributed by atoms with Crippen LogP contribution in [0.15, 0.2) is 35.0 Å². The van der Waals surface area contributed by atoms with Crippen molar-refractivity contribution in [1.29, 1.82) is 0 Å². The van der Waals surface area contributed by atoms with E-state index in [1.165, 1.54) is 0 Å². The van der Waals surface area contributed by atoms with Crippen molar-refractivity contribution in [1.82, 2.24) is 9.55 Å². The Bertz CT molecular complexity index is 789. The number of alkyl halides is 2. The molecule has 5 nitrogen and oxygen atoms in total. The topological polar surface area (TPSA) is 76.4 Å². The quantitative estimate of drug-likeness (QED) is 0.893. The van der Waals surface area contributed by atoms with E-state index in [1.54, 1.807) is 38.1 Å². The van der Waals surface area contributed by atoms with Gasteiger partial charge in [-0.15, -0.1) is 0 Å². The first-order valence-corrected chi connectivity index (χ1v) is 6.38. The Morgan fingerprint density at radius 3 is 2.52 bits per heavy atom. The Labute approximate surface area is 119 Å². The molecule has 0 radical (unpaired) electrons. The fourth-order valence-corrected chi connectivity index (χ4v) is 2.48. The number of aromatic nitrogens is 2. The van der Waals surface area contributed by atoms with Crippen molar-refractivity contribution >= 4 is 22.4 Å². The van der Waals surface area contributed by atoms with Crippen molar-refractivity contribution in [2.24, 2.45) is 10.7 Å². The first-order valence-electron chi connectivity index (χ1n) is 6.38. The zero-order valence-electron chi connectivity index (χ0n) is 11.5. The van der Waals surface area contributed by atoms with Crippen LogP contribution in [0.3, 0.4) is 0 Å². The number of amidine groups is 1. The third-order valence-electron chi connectivity index (χ3n) is 3.49. The second-order valence-corrected chi connectivity index (χ2v) is 5.35. The Hall–Kier alpha value is -2.44. The van der Waals surface area contributed by atoms with Crippen LogP contribution in [0.25, 0.3) is 16.6 Å². The molecule has 0 bridgehead atoms. The molecule has 1 aliphatic heterocycles. The lowest BCUT2D eigenvalue weighted by molar-refractivity contribution is 0.0737. The first-order chi connectivity index (χ1) is 9.83. The highest BCUT2D eigenvalue weighted by Crippen LogP contribution is 2.36. The van der Waals surface area contributed by atoms with Crippen molar-refractivity contribution in [2.75, 3.05) is 0 Å². The van der Waals surface area contributed by atoms with Gasteiger partial charge in [-0.05, 0) is 26.0 Å². The number of hydrogen-bond acceptors (Lipinski definition) is 4. The summed E-state index contributed by atoms with van der Waals surface area (Å²) in [7, 11) is 0. The van der Waals surface area contributed by atoms with Gasteiger partial charge >= 0.3 is 6.55 Å². The number of nitrogens with two attached hydrogens (primary N) is 1. The van der Waals surface area contributed by atoms with Crippen LogP contribution in [-0.4, -0.2) is 26.0 Å². The zero-order valence-corrected chi connectivity index (χ0v) is 11.5. The molecule has 7 heteroatoms. The number of rotatable bonds is 2. The molecule has 110 valence electrons. The average Bonchev–Trinajstić information content (AvgIpc) is 2.85. The molecule has 3 rings (SSSR count). The van der Waals surface area contributed by atoms with E-state index in [1.807, 2.05) is 0 Å². The van der Waals surface area contributed by atoms with E-state index < -0.39 is 12.1 Å². The fourth-order valence-electron chi connectivity index (χ4n) is 2.48. The maximum absolute atomic E-state index is 13.4. The number of aliphatic imine (C=N–C) groups is 1. The van der Waals surface area contributed by atoms with Gasteiger partial charge in [-0.3, -0.25) is 9.56 Å². The summed E-state index contributed by atoms with van der Waals surface area (Å²) < 4.78 is 27.6. The lowest BCUT2D eigenvalue weighted by Gasteiger charge is -2.14. The number of imidazole rings is 1. The number of aliphatic hydroxyl groups is 1. The van der Waals surface area contributed by atoms with E-state index in [2.05, 4.69) is 9.98 Å². The number of aliphatic hydroxyl groups excluding tert-OH is 1. The molecule has 1 aromatic carbocycles. The summed E-state index contributed by atoms with van der Waals surface area (Å²) in [4.78, 5) is 8.29. The van der Waals surface area contributed by atoms with Gasteiger partial charge in [0, 0.05) is 0 Å². The molecule has 0 fully saturated rings. The molecule has 0 amide bonds. The minimum Gasteiger partial charge on any atom is -0.509 e. The summed E-state index contributed by atoms with van der Waals surface area (Å²) in [6, 6.07) is 6.53. The summed E-state index contributed by atoms with van der Waals surface area (Å²) in [6.45, 7) is 0.499. The smallest absolute Gasteiger partial charge is 0.320 e. The Kier molecular flexibility index (Phi) is 2.76. The summed E-state index contributed by atoms with van der Waals surface area (Å²) >= 11 is 0. The van der Waals surface area contributed by atoms with Gasteiger partial charge in [0.1, 0.15) is 17.1 Å². The molecule has 0 spiro atoms. The van der Waals surface area contributed by atoms with E-state index in [0.717, 1.165) is 4.57 Å². The van der Waals surface area contributed by atoms with E-state index in [0.29, 0.717) is 5.52 Å². The average molecular weight is 292 g/mol. The van der Waals surface area contributed by atoms with E-state index in [-0.39, 0.29) is 28.5 Å². The Morgan fingerprint density at radius 2 is 1.95 bits per heavy atom. The predicted octanol–water partition coefficient (Wildman–Crippen LogP) is 2.85. The zero-order chi connectivity index (χ0) is 15.4. The molecule has 2 aromatic rings. The number of fused-ring (bicyclic) bond motifs is 1. The van der Waals surface area contributed by atoms with E-state index in [4.69, 9.17) is 5.73 Å². The third kappa shape index (κ3) is 1.88. The third-order valence-corrected chi connectivity index (χ3v) is 3.49. The SMILES string of the molecule is CC1(C)N=C(N)C(c2nc3ccccc3n2C(F)F)=C1O. The van der Waals surface area contributed by atoms with Crippen LogP contribution < -0.4 is 5.73 Å². The fraction of sp³-hybridized carbons (Fsp3) is 0.286. The van der Waals surface area contributed by atoms with Crippen LogP contribution in [0.2, 0.25) is 0 Å². The van der Waals surface area contributed by atoms with Gasteiger partial charge in [-0.1, -0.05) is 12.1 Å². The molecule has 2 heterocycles. The van der Waals surface area contributed by atoms with Gasteiger partial charge < -0.3 is 10.8 Å². The minimum atomic E-state index is -2.80. The molecular formula is C14H14F2N4O. The molecule has 1 aliphatic rings. The van der Waals surface area contributed by atoms with E-state index in [9.17, 15) is 13.9 Å². The van der Waals surface area contributed by atoms with Gasteiger partial charge in [0.25, 0.3) is 0 Å². The summed E-state index contributed by atoms with van der Waals surface area (Å²) in [6.07, 6.45) is 0. The molecule has 21 heavy (non-hydrogen) atoms. The summed E-state index contributed by atoms with van der Waals surface area (Å²) in [5.41, 5.74) is 5.61. The first kappa shape index (κ1) is 13.5. The van der Waals surface area contributed by atoms with E-state index >= 15 is 0 Å². The van der Waals surface area contributed by atoms with Crippen LogP contribution in [0.1, 0.15) is 26.2 Å². The molecule has 1 aromatic heterocycles. The maximum Gasteiger partial charge on any atom is 0.320 e. The van der Waals surface area contributed by atoms with Crippen LogP contribution in [0.4, 0.5) is 8.78 Å². The van der Waals surface area contributed by atoms with Gasteiger partial charge in [0.2, 0.25) is 0 Å². The summed E-state index contributed by atoms with van der Waals surface area (Å²) in [5.74, 6) is -0.220. The van der Waals surface area contributed by atoms with Crippen LogP contribution in [0.5, 0.6) is 0 Å². The molecule has 0 unspecified atom stereocenters. The van der Waals surface area contributed by atoms with Crippen molar-refractivity contribution < 1.29 is 13.9 Å². The van der Waals surface area contributed by atoms with Crippen molar-refractivity contribution in [3.63, 3.8) is 0 Å². The van der Waals surface area contributed by atoms with Crippen LogP contribution in [-0.2, 0) is 0 Å². The normalized spacial score (nSPS) is 17.9.